The molecule has 2 aromatic carbocycles. The van der Waals surface area contributed by atoms with E-state index in [-0.39, 0.29) is 0 Å². The molecule has 1 N–H and O–H groups in total. The summed E-state index contributed by atoms with van der Waals surface area (Å²) < 4.78 is 12.6. The normalized spacial score (nSPS) is 15.4. The van der Waals surface area contributed by atoms with Gasteiger partial charge in [-0.3, -0.25) is 0 Å². The van der Waals surface area contributed by atoms with Crippen LogP contribution in [0.1, 0.15) is 55.2 Å². The van der Waals surface area contributed by atoms with Crippen LogP contribution in [-0.2, 0) is 13.2 Å². The van der Waals surface area contributed by atoms with Gasteiger partial charge in [0.15, 0.2) is 11.5 Å². The van der Waals surface area contributed by atoms with E-state index >= 15 is 0 Å². The maximum Gasteiger partial charge on any atom is 0.175 e. The van der Waals surface area contributed by atoms with Gasteiger partial charge in [-0.2, -0.15) is 0 Å². The van der Waals surface area contributed by atoms with E-state index < -0.39 is 0 Å². The molecule has 0 radical (unpaired) electrons. The first-order valence-corrected chi connectivity index (χ1v) is 10.7. The van der Waals surface area contributed by atoms with Crippen molar-refractivity contribution in [2.24, 2.45) is 0 Å². The smallest absolute Gasteiger partial charge is 0.175 e. The molecule has 4 heteroatoms. The van der Waals surface area contributed by atoms with Gasteiger partial charge in [-0.15, -0.1) is 0 Å². The quantitative estimate of drug-likeness (QED) is 0.532. The van der Waals surface area contributed by atoms with Gasteiger partial charge in [-0.05, 0) is 59.0 Å². The maximum absolute atomic E-state index is 6.06. The Kier molecular flexibility index (Phi) is 7.59. The van der Waals surface area contributed by atoms with Gasteiger partial charge < -0.3 is 14.8 Å². The van der Waals surface area contributed by atoms with Crippen LogP contribution in [0.2, 0.25) is 0 Å². The third kappa shape index (κ3) is 5.98. The minimum Gasteiger partial charge on any atom is -0.493 e. The number of hydrogen-bond acceptors (Lipinski definition) is 3. The molecule has 0 aliphatic heterocycles. The fourth-order valence-electron chi connectivity index (χ4n) is 3.60. The van der Waals surface area contributed by atoms with Gasteiger partial charge in [0.05, 0.1) is 11.6 Å². The lowest BCUT2D eigenvalue weighted by molar-refractivity contribution is 0.282. The molecule has 2 aromatic rings. The molecule has 0 amide bonds. The molecule has 1 aliphatic carbocycles. The van der Waals surface area contributed by atoms with Crippen molar-refractivity contribution in [3.8, 4) is 11.5 Å². The first kappa shape index (κ1) is 20.2. The van der Waals surface area contributed by atoms with Crippen LogP contribution in [0.5, 0.6) is 11.5 Å². The number of rotatable bonds is 7. The number of aryl methyl sites for hydroxylation is 1. The highest BCUT2D eigenvalue weighted by molar-refractivity contribution is 9.10. The van der Waals surface area contributed by atoms with Crippen molar-refractivity contribution in [3.63, 3.8) is 0 Å². The number of nitrogens with one attached hydrogen (secondary N) is 1. The molecule has 3 rings (SSSR count). The lowest BCUT2D eigenvalue weighted by Crippen LogP contribution is -2.27. The predicted molar refractivity (Wildman–Crippen MR) is 115 cm³/mol. The van der Waals surface area contributed by atoms with Crippen molar-refractivity contribution < 1.29 is 9.47 Å². The summed E-state index contributed by atoms with van der Waals surface area (Å²) >= 11 is 3.67. The summed E-state index contributed by atoms with van der Waals surface area (Å²) in [5, 5.41) is 3.72. The minimum absolute atomic E-state index is 0.523. The summed E-state index contributed by atoms with van der Waals surface area (Å²) in [6.45, 7) is 3.47. The van der Waals surface area contributed by atoms with Crippen molar-refractivity contribution in [3.05, 3.63) is 57.6 Å². The lowest BCUT2D eigenvalue weighted by Gasteiger charge is -2.18. The van der Waals surface area contributed by atoms with E-state index in [1.165, 1.54) is 49.7 Å². The highest BCUT2D eigenvalue weighted by atomic mass is 79.9. The molecule has 1 aliphatic rings. The summed E-state index contributed by atoms with van der Waals surface area (Å²) in [5.41, 5.74) is 3.61. The molecule has 3 nitrogen and oxygen atoms in total. The second-order valence-electron chi connectivity index (χ2n) is 7.45. The average Bonchev–Trinajstić information content (AvgIpc) is 2.95. The Morgan fingerprint density at radius 3 is 2.37 bits per heavy atom. The molecule has 27 heavy (non-hydrogen) atoms. The molecular weight excluding hydrogens is 402 g/mol. The third-order valence-corrected chi connectivity index (χ3v) is 5.83. The van der Waals surface area contributed by atoms with Gasteiger partial charge in [0.1, 0.15) is 6.61 Å². The van der Waals surface area contributed by atoms with Gasteiger partial charge in [-0.25, -0.2) is 0 Å². The summed E-state index contributed by atoms with van der Waals surface area (Å²) in [5.74, 6) is 1.53. The van der Waals surface area contributed by atoms with Crippen LogP contribution >= 0.6 is 15.9 Å². The molecule has 0 unspecified atom stereocenters. The second-order valence-corrected chi connectivity index (χ2v) is 8.31. The monoisotopic (exact) mass is 431 g/mol. The SMILES string of the molecule is COc1cc(CNC2CCCCCC2)cc(Br)c1OCc1ccc(C)cc1. The maximum atomic E-state index is 6.06. The van der Waals surface area contributed by atoms with Gasteiger partial charge in [0.25, 0.3) is 0 Å². The Balaban J connectivity index is 1.64. The van der Waals surface area contributed by atoms with Gasteiger partial charge >= 0.3 is 0 Å². The van der Waals surface area contributed by atoms with Crippen molar-refractivity contribution in [2.75, 3.05) is 7.11 Å². The van der Waals surface area contributed by atoms with Crippen molar-refractivity contribution >= 4 is 15.9 Å². The van der Waals surface area contributed by atoms with E-state index in [2.05, 4.69) is 64.6 Å². The Bertz CT molecular complexity index is 722. The predicted octanol–water partition coefficient (Wildman–Crippen LogP) is 6.16. The van der Waals surface area contributed by atoms with E-state index in [0.717, 1.165) is 28.1 Å². The highest BCUT2D eigenvalue weighted by Gasteiger charge is 2.15. The standard InChI is InChI=1S/C23H30BrNO2/c1-17-9-11-18(12-10-17)16-27-23-21(24)13-19(14-22(23)26-2)15-25-20-7-5-3-4-6-8-20/h9-14,20,25H,3-8,15-16H2,1-2H3. The molecular formula is C23H30BrNO2. The van der Waals surface area contributed by atoms with E-state index in [1.807, 2.05) is 0 Å². The molecule has 0 aromatic heterocycles. The lowest BCUT2D eigenvalue weighted by atomic mass is 10.1. The van der Waals surface area contributed by atoms with Crippen molar-refractivity contribution in [1.29, 1.82) is 0 Å². The Morgan fingerprint density at radius 1 is 1.00 bits per heavy atom. The molecule has 0 spiro atoms. The van der Waals surface area contributed by atoms with Crippen LogP contribution in [-0.4, -0.2) is 13.2 Å². The zero-order chi connectivity index (χ0) is 19.1. The zero-order valence-electron chi connectivity index (χ0n) is 16.4. The highest BCUT2D eigenvalue weighted by Crippen LogP contribution is 2.37. The Morgan fingerprint density at radius 2 is 1.70 bits per heavy atom. The first-order chi connectivity index (χ1) is 13.2. The average molecular weight is 432 g/mol. The van der Waals surface area contributed by atoms with Gasteiger partial charge in [-0.1, -0.05) is 55.5 Å². The summed E-state index contributed by atoms with van der Waals surface area (Å²) in [7, 11) is 1.70. The van der Waals surface area contributed by atoms with Crippen LogP contribution in [0.4, 0.5) is 0 Å². The largest absolute Gasteiger partial charge is 0.493 e. The molecule has 146 valence electrons. The minimum atomic E-state index is 0.523. The number of hydrogen-bond donors (Lipinski definition) is 1. The third-order valence-electron chi connectivity index (χ3n) is 5.24. The number of halogens is 1. The van der Waals surface area contributed by atoms with Crippen LogP contribution in [0.3, 0.4) is 0 Å². The summed E-state index contributed by atoms with van der Waals surface area (Å²) in [6.07, 6.45) is 8.02. The fourth-order valence-corrected chi connectivity index (χ4v) is 4.20. The number of ether oxygens (including phenoxy) is 2. The summed E-state index contributed by atoms with van der Waals surface area (Å²) in [4.78, 5) is 0. The van der Waals surface area contributed by atoms with Crippen LogP contribution in [0, 0.1) is 6.92 Å². The van der Waals surface area contributed by atoms with Gasteiger partial charge in [0, 0.05) is 12.6 Å². The number of methoxy groups -OCH3 is 1. The van der Waals surface area contributed by atoms with Crippen LogP contribution < -0.4 is 14.8 Å². The number of benzene rings is 2. The first-order valence-electron chi connectivity index (χ1n) is 9.94. The van der Waals surface area contributed by atoms with E-state index in [1.54, 1.807) is 7.11 Å². The molecule has 0 heterocycles. The topological polar surface area (TPSA) is 30.5 Å². The van der Waals surface area contributed by atoms with Crippen LogP contribution in [0.15, 0.2) is 40.9 Å². The summed E-state index contributed by atoms with van der Waals surface area (Å²) in [6, 6.07) is 13.3. The zero-order valence-corrected chi connectivity index (χ0v) is 18.0. The molecule has 0 saturated heterocycles. The van der Waals surface area contributed by atoms with E-state index in [0.29, 0.717) is 12.6 Å². The Labute approximate surface area is 171 Å². The van der Waals surface area contributed by atoms with E-state index in [4.69, 9.17) is 9.47 Å². The molecule has 0 bridgehead atoms. The molecule has 1 saturated carbocycles. The van der Waals surface area contributed by atoms with Crippen LogP contribution in [0.25, 0.3) is 0 Å². The molecule has 0 atom stereocenters. The van der Waals surface area contributed by atoms with E-state index in [9.17, 15) is 0 Å². The second kappa shape index (κ2) is 10.1. The van der Waals surface area contributed by atoms with Gasteiger partial charge in [0.2, 0.25) is 0 Å². The Hall–Kier alpha value is -1.52. The fraction of sp³-hybridized carbons (Fsp3) is 0.478. The van der Waals surface area contributed by atoms with Crippen molar-refractivity contribution in [2.45, 2.75) is 64.6 Å². The molecule has 1 fully saturated rings. The van der Waals surface area contributed by atoms with Crippen molar-refractivity contribution in [1.82, 2.24) is 5.32 Å².